The van der Waals surface area contributed by atoms with Gasteiger partial charge in [-0.2, -0.15) is 4.31 Å². The Morgan fingerprint density at radius 2 is 1.88 bits per heavy atom. The van der Waals surface area contributed by atoms with E-state index in [1.165, 1.54) is 17.3 Å². The predicted molar refractivity (Wildman–Crippen MR) is 101 cm³/mol. The minimum atomic E-state index is -3.98. The summed E-state index contributed by atoms with van der Waals surface area (Å²) >= 11 is 6.03. The Hall–Kier alpha value is -2.00. The number of rotatable bonds is 8. The molecule has 9 heteroatoms. The summed E-state index contributed by atoms with van der Waals surface area (Å²) in [5, 5.41) is 11.2. The number of nitro benzene ring substituents is 1. The zero-order valence-corrected chi connectivity index (χ0v) is 15.8. The number of hydrogen-bond acceptors (Lipinski definition) is 5. The molecule has 140 valence electrons. The number of hydrogen-bond donors (Lipinski definition) is 1. The van der Waals surface area contributed by atoms with Gasteiger partial charge < -0.3 is 5.73 Å². The Kier molecular flexibility index (Phi) is 6.71. The number of halogens is 1. The van der Waals surface area contributed by atoms with Gasteiger partial charge in [0.15, 0.2) is 0 Å². The molecule has 7 nitrogen and oxygen atoms in total. The highest BCUT2D eigenvalue weighted by Crippen LogP contribution is 2.31. The largest absolute Gasteiger partial charge is 0.330 e. The molecule has 0 spiro atoms. The highest BCUT2D eigenvalue weighted by Gasteiger charge is 2.28. The molecule has 0 unspecified atom stereocenters. The van der Waals surface area contributed by atoms with Gasteiger partial charge in [-0.1, -0.05) is 41.9 Å². The van der Waals surface area contributed by atoms with Crippen molar-refractivity contribution in [3.8, 4) is 0 Å². The molecule has 2 aromatic rings. The van der Waals surface area contributed by atoms with Gasteiger partial charge in [-0.15, -0.1) is 0 Å². The zero-order chi connectivity index (χ0) is 19.3. The topological polar surface area (TPSA) is 107 Å². The van der Waals surface area contributed by atoms with Gasteiger partial charge >= 0.3 is 0 Å². The molecular formula is C17H20ClN3O4S. The van der Waals surface area contributed by atoms with Crippen molar-refractivity contribution >= 4 is 27.3 Å². The van der Waals surface area contributed by atoms with Gasteiger partial charge in [0.2, 0.25) is 10.0 Å². The minimum Gasteiger partial charge on any atom is -0.330 e. The van der Waals surface area contributed by atoms with Gasteiger partial charge in [0.1, 0.15) is 0 Å². The SMILES string of the molecule is Cc1c(Cl)cc(S(=O)(=O)N(CCCN)Cc2ccccc2)cc1[N+](=O)[O-]. The van der Waals surface area contributed by atoms with E-state index in [2.05, 4.69) is 0 Å². The van der Waals surface area contributed by atoms with Gasteiger partial charge in [0, 0.05) is 24.7 Å². The lowest BCUT2D eigenvalue weighted by molar-refractivity contribution is -0.385. The van der Waals surface area contributed by atoms with Crippen LogP contribution in [0.5, 0.6) is 0 Å². The van der Waals surface area contributed by atoms with Crippen LogP contribution in [0.25, 0.3) is 0 Å². The van der Waals surface area contributed by atoms with Crippen LogP contribution >= 0.6 is 11.6 Å². The summed E-state index contributed by atoms with van der Waals surface area (Å²) in [6.07, 6.45) is 0.466. The third-order valence-electron chi connectivity index (χ3n) is 3.94. The molecule has 0 radical (unpaired) electrons. The van der Waals surface area contributed by atoms with Gasteiger partial charge in [-0.05, 0) is 31.5 Å². The molecule has 0 aromatic heterocycles. The van der Waals surface area contributed by atoms with Crippen LogP contribution < -0.4 is 5.73 Å². The molecule has 0 atom stereocenters. The van der Waals surface area contributed by atoms with Crippen molar-refractivity contribution in [3.63, 3.8) is 0 Å². The molecule has 2 aromatic carbocycles. The van der Waals surface area contributed by atoms with Crippen LogP contribution in [0.3, 0.4) is 0 Å². The molecule has 0 aliphatic carbocycles. The maximum atomic E-state index is 13.1. The van der Waals surface area contributed by atoms with E-state index in [0.29, 0.717) is 13.0 Å². The molecule has 26 heavy (non-hydrogen) atoms. The molecule has 0 amide bonds. The van der Waals surface area contributed by atoms with Crippen molar-refractivity contribution in [1.29, 1.82) is 0 Å². The van der Waals surface area contributed by atoms with E-state index in [4.69, 9.17) is 17.3 Å². The van der Waals surface area contributed by atoms with Crippen LogP contribution in [0.2, 0.25) is 5.02 Å². The van der Waals surface area contributed by atoms with Crippen molar-refractivity contribution in [2.75, 3.05) is 13.1 Å². The van der Waals surface area contributed by atoms with E-state index in [1.807, 2.05) is 30.3 Å². The number of sulfonamides is 1. The molecule has 2 rings (SSSR count). The second-order valence-electron chi connectivity index (χ2n) is 5.77. The number of nitro groups is 1. The Balaban J connectivity index is 2.47. The Labute approximate surface area is 157 Å². The van der Waals surface area contributed by atoms with Crippen molar-refractivity contribution < 1.29 is 13.3 Å². The first-order valence-corrected chi connectivity index (χ1v) is 9.78. The van der Waals surface area contributed by atoms with Crippen LogP contribution in [0.4, 0.5) is 5.69 Å². The van der Waals surface area contributed by atoms with Crippen molar-refractivity contribution in [3.05, 3.63) is 68.7 Å². The maximum absolute atomic E-state index is 13.1. The normalized spacial score (nSPS) is 11.7. The quantitative estimate of drug-likeness (QED) is 0.544. The monoisotopic (exact) mass is 397 g/mol. The van der Waals surface area contributed by atoms with Crippen LogP contribution in [-0.2, 0) is 16.6 Å². The van der Waals surface area contributed by atoms with E-state index < -0.39 is 14.9 Å². The van der Waals surface area contributed by atoms with Gasteiger partial charge in [-0.25, -0.2) is 8.42 Å². The fourth-order valence-electron chi connectivity index (χ4n) is 2.47. The highest BCUT2D eigenvalue weighted by atomic mass is 35.5. The summed E-state index contributed by atoms with van der Waals surface area (Å²) in [6.45, 7) is 2.15. The smallest absolute Gasteiger partial charge is 0.275 e. The van der Waals surface area contributed by atoms with Crippen LogP contribution in [-0.4, -0.2) is 30.7 Å². The first-order chi connectivity index (χ1) is 12.3. The molecule has 2 N–H and O–H groups in total. The van der Waals surface area contributed by atoms with E-state index in [1.54, 1.807) is 0 Å². The zero-order valence-electron chi connectivity index (χ0n) is 14.3. The first kappa shape index (κ1) is 20.3. The van der Waals surface area contributed by atoms with Gasteiger partial charge in [-0.3, -0.25) is 10.1 Å². The first-order valence-electron chi connectivity index (χ1n) is 7.96. The Morgan fingerprint density at radius 3 is 2.46 bits per heavy atom. The summed E-state index contributed by atoms with van der Waals surface area (Å²) < 4.78 is 27.4. The van der Waals surface area contributed by atoms with Crippen LogP contribution in [0.1, 0.15) is 17.5 Å². The lowest BCUT2D eigenvalue weighted by Gasteiger charge is -2.22. The number of benzene rings is 2. The van der Waals surface area contributed by atoms with E-state index in [-0.39, 0.29) is 34.3 Å². The lowest BCUT2D eigenvalue weighted by atomic mass is 10.2. The second-order valence-corrected chi connectivity index (χ2v) is 8.12. The predicted octanol–water partition coefficient (Wildman–Crippen LogP) is 3.10. The van der Waals surface area contributed by atoms with Crippen LogP contribution in [0, 0.1) is 17.0 Å². The molecule has 0 fully saturated rings. The van der Waals surface area contributed by atoms with E-state index in [0.717, 1.165) is 11.6 Å². The van der Waals surface area contributed by atoms with Crippen molar-refractivity contribution in [2.45, 2.75) is 24.8 Å². The van der Waals surface area contributed by atoms with Gasteiger partial charge in [0.25, 0.3) is 5.69 Å². The molecule has 0 heterocycles. The molecule has 0 bridgehead atoms. The third kappa shape index (κ3) is 4.59. The average Bonchev–Trinajstić information content (AvgIpc) is 2.61. The van der Waals surface area contributed by atoms with Crippen LogP contribution in [0.15, 0.2) is 47.4 Å². The fraction of sp³-hybridized carbons (Fsp3) is 0.294. The standard InChI is InChI=1S/C17H20ClN3O4S/c1-13-16(18)10-15(11-17(13)21(22)23)26(24,25)20(9-5-8-19)12-14-6-3-2-4-7-14/h2-4,6-7,10-11H,5,8-9,12,19H2,1H3. The molecule has 0 aliphatic heterocycles. The van der Waals surface area contributed by atoms with Gasteiger partial charge in [0.05, 0.1) is 14.8 Å². The fourth-order valence-corrected chi connectivity index (χ4v) is 4.26. The Morgan fingerprint density at radius 1 is 1.23 bits per heavy atom. The molecule has 0 saturated carbocycles. The summed E-state index contributed by atoms with van der Waals surface area (Å²) in [6, 6.07) is 11.4. The molecule has 0 aliphatic rings. The summed E-state index contributed by atoms with van der Waals surface area (Å²) in [5.41, 5.74) is 6.24. The second kappa shape index (κ2) is 8.59. The van der Waals surface area contributed by atoms with E-state index in [9.17, 15) is 18.5 Å². The van der Waals surface area contributed by atoms with E-state index >= 15 is 0 Å². The Bertz CT molecular complexity index is 888. The third-order valence-corrected chi connectivity index (χ3v) is 6.15. The van der Waals surface area contributed by atoms with Crippen molar-refractivity contribution in [2.24, 2.45) is 5.73 Å². The number of nitrogens with zero attached hydrogens (tertiary/aromatic N) is 2. The maximum Gasteiger partial charge on any atom is 0.275 e. The lowest BCUT2D eigenvalue weighted by Crippen LogP contribution is -2.32. The average molecular weight is 398 g/mol. The summed E-state index contributed by atoms with van der Waals surface area (Å²) in [7, 11) is -3.98. The minimum absolute atomic E-state index is 0.0382. The summed E-state index contributed by atoms with van der Waals surface area (Å²) in [4.78, 5) is 10.4. The summed E-state index contributed by atoms with van der Waals surface area (Å²) in [5.74, 6) is 0. The molecule has 0 saturated heterocycles. The highest BCUT2D eigenvalue weighted by molar-refractivity contribution is 7.89. The number of nitrogens with two attached hydrogens (primary N) is 1. The molecular weight excluding hydrogens is 378 g/mol. The van der Waals surface area contributed by atoms with Crippen molar-refractivity contribution in [1.82, 2.24) is 4.31 Å².